The zero-order valence-corrected chi connectivity index (χ0v) is 15.3. The first-order chi connectivity index (χ1) is 12.3. The highest BCUT2D eigenvalue weighted by Crippen LogP contribution is 2.40. The van der Waals surface area contributed by atoms with E-state index in [0.29, 0.717) is 9.40 Å². The van der Waals surface area contributed by atoms with Gasteiger partial charge in [0.2, 0.25) is 5.91 Å². The molecule has 1 fully saturated rings. The smallest absolute Gasteiger partial charge is 0.279 e. The number of carbonyl (C=O) groups is 1. The lowest BCUT2D eigenvalue weighted by Crippen LogP contribution is -2.30. The molecule has 0 saturated heterocycles. The number of anilines is 2. The lowest BCUT2D eigenvalue weighted by molar-refractivity contribution is -0.122. The molecular formula is C17H16N2O5S2. The summed E-state index contributed by atoms with van der Waals surface area (Å²) in [5.41, 5.74) is 0.500. The van der Waals surface area contributed by atoms with E-state index in [9.17, 15) is 21.6 Å². The second-order valence-electron chi connectivity index (χ2n) is 6.32. The first kappa shape index (κ1) is 17.0. The van der Waals surface area contributed by atoms with E-state index in [0.717, 1.165) is 19.3 Å². The molecule has 1 heterocycles. The van der Waals surface area contributed by atoms with Crippen molar-refractivity contribution in [2.75, 3.05) is 9.03 Å². The summed E-state index contributed by atoms with van der Waals surface area (Å²) >= 11 is 0. The molecule has 9 heteroatoms. The average molecular weight is 392 g/mol. The highest BCUT2D eigenvalue weighted by atomic mass is 32.3. The molecule has 2 aromatic carbocycles. The molecule has 1 aliphatic carbocycles. The van der Waals surface area contributed by atoms with Crippen molar-refractivity contribution < 1.29 is 21.6 Å². The second kappa shape index (κ2) is 5.82. The Morgan fingerprint density at radius 2 is 1.42 bits per heavy atom. The summed E-state index contributed by atoms with van der Waals surface area (Å²) < 4.78 is 51.1. The summed E-state index contributed by atoms with van der Waals surface area (Å²) in [6, 6.07) is 11.3. The minimum Gasteiger partial charge on any atom is -0.326 e. The lowest BCUT2D eigenvalue weighted by Gasteiger charge is -2.24. The summed E-state index contributed by atoms with van der Waals surface area (Å²) in [6.45, 7) is 0. The van der Waals surface area contributed by atoms with Gasteiger partial charge < -0.3 is 5.32 Å². The van der Waals surface area contributed by atoms with E-state index in [1.165, 1.54) is 48.5 Å². The van der Waals surface area contributed by atoms with Gasteiger partial charge in [0.15, 0.2) is 0 Å². The fourth-order valence-electron chi connectivity index (χ4n) is 3.04. The van der Waals surface area contributed by atoms with Crippen LogP contribution >= 0.6 is 0 Å². The maximum Gasteiger partial charge on any atom is 0.279 e. The quantitative estimate of drug-likeness (QED) is 0.864. The van der Waals surface area contributed by atoms with Gasteiger partial charge in [-0.15, -0.1) is 0 Å². The van der Waals surface area contributed by atoms with Gasteiger partial charge in [-0.2, -0.15) is 20.5 Å². The van der Waals surface area contributed by atoms with Crippen molar-refractivity contribution in [3.05, 3.63) is 48.5 Å². The minimum absolute atomic E-state index is 0.00263. The van der Waals surface area contributed by atoms with Crippen molar-refractivity contribution in [3.8, 4) is 0 Å². The molecule has 1 aliphatic heterocycles. The monoisotopic (exact) mass is 392 g/mol. The van der Waals surface area contributed by atoms with Gasteiger partial charge in [-0.1, -0.05) is 18.6 Å². The number of sulfonamides is 2. The van der Waals surface area contributed by atoms with Crippen LogP contribution in [0.15, 0.2) is 58.3 Å². The average Bonchev–Trinajstić information content (AvgIpc) is 2.70. The first-order valence-corrected chi connectivity index (χ1v) is 11.0. The Hall–Kier alpha value is -2.39. The number of nitrogens with one attached hydrogen (secondary N) is 1. The summed E-state index contributed by atoms with van der Waals surface area (Å²) in [5.74, 6) is -0.0543. The standard InChI is InChI=1S/C17H16N2O5S2/c20-17(12-4-3-5-12)18-13-8-10-14(11-9-13)19-25(21,22)15-6-1-2-7-16(15)26(19,23)24/h1-2,6-12H,3-5H2,(H,18,20). The van der Waals surface area contributed by atoms with E-state index < -0.39 is 20.0 Å². The van der Waals surface area contributed by atoms with Crippen LogP contribution in [-0.2, 0) is 24.8 Å². The molecule has 1 saturated carbocycles. The molecule has 2 aliphatic rings. The van der Waals surface area contributed by atoms with Gasteiger partial charge in [0.1, 0.15) is 9.79 Å². The third-order valence-corrected chi connectivity index (χ3v) is 9.09. The van der Waals surface area contributed by atoms with E-state index in [1.807, 2.05) is 0 Å². The Morgan fingerprint density at radius 3 is 1.88 bits per heavy atom. The molecule has 0 atom stereocenters. The van der Waals surface area contributed by atoms with Crippen molar-refractivity contribution in [2.24, 2.45) is 5.92 Å². The third kappa shape index (κ3) is 2.50. The molecule has 0 spiro atoms. The van der Waals surface area contributed by atoms with Crippen LogP contribution in [0.4, 0.5) is 11.4 Å². The van der Waals surface area contributed by atoms with Crippen molar-refractivity contribution in [3.63, 3.8) is 0 Å². The van der Waals surface area contributed by atoms with E-state index in [2.05, 4.69) is 5.32 Å². The Balaban J connectivity index is 1.67. The molecule has 1 amide bonds. The van der Waals surface area contributed by atoms with E-state index in [4.69, 9.17) is 0 Å². The van der Waals surface area contributed by atoms with Crippen LogP contribution in [0.2, 0.25) is 0 Å². The van der Waals surface area contributed by atoms with E-state index in [-0.39, 0.29) is 27.3 Å². The summed E-state index contributed by atoms with van der Waals surface area (Å²) in [7, 11) is -8.39. The fourth-order valence-corrected chi connectivity index (χ4v) is 7.49. The molecule has 1 N–H and O–H groups in total. The number of nitrogens with zero attached hydrogens (tertiary/aromatic N) is 1. The molecule has 2 aromatic rings. The largest absolute Gasteiger partial charge is 0.326 e. The van der Waals surface area contributed by atoms with Gasteiger partial charge in [0.05, 0.1) is 5.69 Å². The van der Waals surface area contributed by atoms with Gasteiger partial charge in [-0.3, -0.25) is 4.79 Å². The number of hydrogen-bond acceptors (Lipinski definition) is 5. The van der Waals surface area contributed by atoms with Crippen molar-refractivity contribution in [1.82, 2.24) is 0 Å². The third-order valence-electron chi connectivity index (χ3n) is 4.66. The summed E-state index contributed by atoms with van der Waals surface area (Å²) in [6.07, 6.45) is 2.78. The van der Waals surface area contributed by atoms with Crippen molar-refractivity contribution in [2.45, 2.75) is 29.1 Å². The van der Waals surface area contributed by atoms with E-state index in [1.54, 1.807) is 0 Å². The van der Waals surface area contributed by atoms with Crippen LogP contribution in [0.1, 0.15) is 19.3 Å². The van der Waals surface area contributed by atoms with Gasteiger partial charge in [0.25, 0.3) is 20.0 Å². The number of rotatable bonds is 3. The predicted molar refractivity (Wildman–Crippen MR) is 95.7 cm³/mol. The van der Waals surface area contributed by atoms with Crippen LogP contribution in [0.3, 0.4) is 0 Å². The predicted octanol–water partition coefficient (Wildman–Crippen LogP) is 2.32. The summed E-state index contributed by atoms with van der Waals surface area (Å²) in [5, 5.41) is 2.76. The number of carbonyl (C=O) groups excluding carboxylic acids is 1. The Bertz CT molecular complexity index is 1040. The van der Waals surface area contributed by atoms with Crippen LogP contribution in [-0.4, -0.2) is 22.7 Å². The minimum atomic E-state index is -4.19. The molecule has 4 rings (SSSR count). The highest BCUT2D eigenvalue weighted by Gasteiger charge is 2.47. The Labute approximate surface area is 151 Å². The van der Waals surface area contributed by atoms with Crippen LogP contribution < -0.4 is 9.03 Å². The molecule has 0 unspecified atom stereocenters. The highest BCUT2D eigenvalue weighted by molar-refractivity contribution is 8.12. The van der Waals surface area contributed by atoms with Gasteiger partial charge in [0, 0.05) is 11.6 Å². The molecule has 0 aromatic heterocycles. The topological polar surface area (TPSA) is 101 Å². The molecule has 136 valence electrons. The maximum absolute atomic E-state index is 12.7. The number of fused-ring (bicyclic) bond motifs is 1. The van der Waals surface area contributed by atoms with Gasteiger partial charge in [-0.25, -0.2) is 0 Å². The van der Waals surface area contributed by atoms with Gasteiger partial charge in [-0.05, 0) is 49.2 Å². The van der Waals surface area contributed by atoms with Crippen LogP contribution in [0.5, 0.6) is 0 Å². The molecule has 0 bridgehead atoms. The molecule has 7 nitrogen and oxygen atoms in total. The Kier molecular flexibility index (Phi) is 3.81. The summed E-state index contributed by atoms with van der Waals surface area (Å²) in [4.78, 5) is 11.5. The van der Waals surface area contributed by atoms with E-state index >= 15 is 0 Å². The van der Waals surface area contributed by atoms with Crippen LogP contribution in [0, 0.1) is 5.92 Å². The first-order valence-electron chi connectivity index (χ1n) is 8.12. The van der Waals surface area contributed by atoms with Crippen molar-refractivity contribution >= 4 is 37.3 Å². The lowest BCUT2D eigenvalue weighted by atomic mass is 9.85. The number of benzene rings is 2. The van der Waals surface area contributed by atoms with Crippen molar-refractivity contribution in [1.29, 1.82) is 0 Å². The number of amides is 1. The zero-order chi connectivity index (χ0) is 18.5. The normalized spacial score (nSPS) is 20.2. The molecule has 26 heavy (non-hydrogen) atoms. The number of hydrogen-bond donors (Lipinski definition) is 1. The fraction of sp³-hybridized carbons (Fsp3) is 0.235. The second-order valence-corrected chi connectivity index (χ2v) is 10.1. The SMILES string of the molecule is O=C(Nc1ccc(N2S(=O)(=O)c3ccccc3S2(=O)=O)cc1)C1CCC1. The Morgan fingerprint density at radius 1 is 0.885 bits per heavy atom. The maximum atomic E-state index is 12.7. The van der Waals surface area contributed by atoms with Crippen LogP contribution in [0.25, 0.3) is 0 Å². The zero-order valence-electron chi connectivity index (χ0n) is 13.6. The van der Waals surface area contributed by atoms with Gasteiger partial charge >= 0.3 is 0 Å². The molecular weight excluding hydrogens is 376 g/mol. The molecule has 0 radical (unpaired) electrons.